The van der Waals surface area contributed by atoms with Crippen LogP contribution in [0.2, 0.25) is 0 Å². The molecule has 0 aliphatic rings. The van der Waals surface area contributed by atoms with Crippen LogP contribution in [0.5, 0.6) is 0 Å². The number of para-hydroxylation sites is 1. The number of hydrogen-bond acceptors (Lipinski definition) is 4. The zero-order chi connectivity index (χ0) is 15.8. The van der Waals surface area contributed by atoms with E-state index in [1.165, 1.54) is 0 Å². The van der Waals surface area contributed by atoms with Crippen LogP contribution in [-0.4, -0.2) is 19.1 Å². The van der Waals surface area contributed by atoms with E-state index in [0.29, 0.717) is 18.7 Å². The second-order valence-electron chi connectivity index (χ2n) is 4.91. The lowest BCUT2D eigenvalue weighted by atomic mass is 10.2. The number of anilines is 3. The molecule has 2 aromatic rings. The van der Waals surface area contributed by atoms with Crippen molar-refractivity contribution >= 4 is 23.0 Å². The maximum absolute atomic E-state index is 11.2. The highest BCUT2D eigenvalue weighted by Gasteiger charge is 2.01. The van der Waals surface area contributed by atoms with Gasteiger partial charge in [0, 0.05) is 29.2 Å². The van der Waals surface area contributed by atoms with Gasteiger partial charge >= 0.3 is 5.97 Å². The third-order valence-corrected chi connectivity index (χ3v) is 2.96. The van der Waals surface area contributed by atoms with Gasteiger partial charge in [0.1, 0.15) is 6.61 Å². The number of esters is 1. The Hall–Kier alpha value is -2.75. The molecule has 114 valence electrons. The van der Waals surface area contributed by atoms with Crippen molar-refractivity contribution < 1.29 is 9.53 Å². The topological polar surface area (TPSA) is 50.4 Å². The number of carbonyl (C=O) groups is 1. The molecule has 0 amide bonds. The molecule has 0 bridgehead atoms. The average Bonchev–Trinajstić information content (AvgIpc) is 2.53. The first-order valence-electron chi connectivity index (χ1n) is 7.14. The van der Waals surface area contributed by atoms with E-state index < -0.39 is 0 Å². The van der Waals surface area contributed by atoms with Gasteiger partial charge in [-0.15, -0.1) is 0 Å². The van der Waals surface area contributed by atoms with Crippen LogP contribution in [0.15, 0.2) is 66.7 Å². The van der Waals surface area contributed by atoms with Crippen LogP contribution in [0.3, 0.4) is 0 Å². The van der Waals surface area contributed by atoms with Crippen LogP contribution in [0, 0.1) is 0 Å². The van der Waals surface area contributed by atoms with Gasteiger partial charge < -0.3 is 15.4 Å². The molecule has 4 heteroatoms. The van der Waals surface area contributed by atoms with Gasteiger partial charge in [0.2, 0.25) is 0 Å². The summed E-state index contributed by atoms with van der Waals surface area (Å²) in [6.07, 6.45) is 0. The molecule has 4 nitrogen and oxygen atoms in total. The van der Waals surface area contributed by atoms with E-state index in [-0.39, 0.29) is 5.97 Å². The summed E-state index contributed by atoms with van der Waals surface area (Å²) < 4.78 is 5.01. The third-order valence-electron chi connectivity index (χ3n) is 2.96. The number of rotatable bonds is 7. The van der Waals surface area contributed by atoms with E-state index in [1.54, 1.807) is 6.92 Å². The standard InChI is InChI=1S/C18H20N2O2/c1-14(2)18(21)22-13-12-19-15-8-10-17(11-9-15)20-16-6-4-3-5-7-16/h3-11,19-20H,1,12-13H2,2H3. The van der Waals surface area contributed by atoms with Crippen molar-refractivity contribution in [2.45, 2.75) is 6.92 Å². The Morgan fingerprint density at radius 3 is 2.23 bits per heavy atom. The van der Waals surface area contributed by atoms with E-state index in [9.17, 15) is 4.79 Å². The summed E-state index contributed by atoms with van der Waals surface area (Å²) in [6, 6.07) is 17.9. The van der Waals surface area contributed by atoms with Crippen molar-refractivity contribution in [3.8, 4) is 0 Å². The lowest BCUT2D eigenvalue weighted by molar-refractivity contribution is -0.138. The first kappa shape index (κ1) is 15.6. The van der Waals surface area contributed by atoms with Gasteiger partial charge in [0.15, 0.2) is 0 Å². The monoisotopic (exact) mass is 296 g/mol. The van der Waals surface area contributed by atoms with Gasteiger partial charge in [0.05, 0.1) is 0 Å². The van der Waals surface area contributed by atoms with Gasteiger partial charge in [-0.3, -0.25) is 0 Å². The van der Waals surface area contributed by atoms with Gasteiger partial charge in [-0.2, -0.15) is 0 Å². The second-order valence-corrected chi connectivity index (χ2v) is 4.91. The molecule has 22 heavy (non-hydrogen) atoms. The zero-order valence-electron chi connectivity index (χ0n) is 12.6. The lowest BCUT2D eigenvalue weighted by Gasteiger charge is -2.09. The minimum Gasteiger partial charge on any atom is -0.460 e. The van der Waals surface area contributed by atoms with Crippen LogP contribution in [0.1, 0.15) is 6.92 Å². The van der Waals surface area contributed by atoms with Crippen molar-refractivity contribution in [2.75, 3.05) is 23.8 Å². The van der Waals surface area contributed by atoms with Crippen molar-refractivity contribution in [1.29, 1.82) is 0 Å². The highest BCUT2D eigenvalue weighted by Crippen LogP contribution is 2.18. The molecule has 0 heterocycles. The average molecular weight is 296 g/mol. The highest BCUT2D eigenvalue weighted by molar-refractivity contribution is 5.86. The maximum Gasteiger partial charge on any atom is 0.333 e. The molecule has 2 rings (SSSR count). The molecule has 0 saturated carbocycles. The van der Waals surface area contributed by atoms with E-state index in [2.05, 4.69) is 17.2 Å². The highest BCUT2D eigenvalue weighted by atomic mass is 16.5. The van der Waals surface area contributed by atoms with E-state index >= 15 is 0 Å². The van der Waals surface area contributed by atoms with Crippen LogP contribution in [0.4, 0.5) is 17.1 Å². The van der Waals surface area contributed by atoms with Crippen molar-refractivity contribution in [2.24, 2.45) is 0 Å². The molecule has 0 aliphatic heterocycles. The summed E-state index contributed by atoms with van der Waals surface area (Å²) >= 11 is 0. The SMILES string of the molecule is C=C(C)C(=O)OCCNc1ccc(Nc2ccccc2)cc1. The maximum atomic E-state index is 11.2. The molecule has 0 atom stereocenters. The lowest BCUT2D eigenvalue weighted by Crippen LogP contribution is -2.13. The molecule has 0 fully saturated rings. The predicted molar refractivity (Wildman–Crippen MR) is 90.4 cm³/mol. The van der Waals surface area contributed by atoms with Crippen molar-refractivity contribution in [3.05, 3.63) is 66.7 Å². The fourth-order valence-corrected chi connectivity index (χ4v) is 1.82. The van der Waals surface area contributed by atoms with Crippen LogP contribution >= 0.6 is 0 Å². The number of nitrogens with one attached hydrogen (secondary N) is 2. The van der Waals surface area contributed by atoms with Gasteiger partial charge in [-0.05, 0) is 43.3 Å². The Morgan fingerprint density at radius 2 is 1.59 bits per heavy atom. The van der Waals surface area contributed by atoms with E-state index in [1.807, 2.05) is 54.6 Å². The quantitative estimate of drug-likeness (QED) is 0.461. The molecular formula is C18H20N2O2. The van der Waals surface area contributed by atoms with Gasteiger partial charge in [0.25, 0.3) is 0 Å². The van der Waals surface area contributed by atoms with Crippen LogP contribution in [0.25, 0.3) is 0 Å². The van der Waals surface area contributed by atoms with Gasteiger partial charge in [-0.1, -0.05) is 24.8 Å². The summed E-state index contributed by atoms with van der Waals surface area (Å²) in [4.78, 5) is 11.2. The summed E-state index contributed by atoms with van der Waals surface area (Å²) in [7, 11) is 0. The van der Waals surface area contributed by atoms with Crippen LogP contribution < -0.4 is 10.6 Å². The molecule has 2 N–H and O–H groups in total. The summed E-state index contributed by atoms with van der Waals surface area (Å²) in [5.41, 5.74) is 3.46. The summed E-state index contributed by atoms with van der Waals surface area (Å²) in [5.74, 6) is -0.357. The number of benzene rings is 2. The molecule has 0 aliphatic carbocycles. The minimum atomic E-state index is -0.357. The Kier molecular flexibility index (Phi) is 5.60. The van der Waals surface area contributed by atoms with Gasteiger partial charge in [-0.25, -0.2) is 4.79 Å². The molecule has 2 aromatic carbocycles. The predicted octanol–water partition coefficient (Wildman–Crippen LogP) is 3.96. The fraction of sp³-hybridized carbons (Fsp3) is 0.167. The Balaban J connectivity index is 1.77. The van der Waals surface area contributed by atoms with Crippen molar-refractivity contribution in [3.63, 3.8) is 0 Å². The smallest absolute Gasteiger partial charge is 0.333 e. The first-order chi connectivity index (χ1) is 10.6. The Bertz CT molecular complexity index is 621. The fourth-order valence-electron chi connectivity index (χ4n) is 1.82. The minimum absolute atomic E-state index is 0.315. The third kappa shape index (κ3) is 4.98. The Labute approximate surface area is 130 Å². The first-order valence-corrected chi connectivity index (χ1v) is 7.14. The van der Waals surface area contributed by atoms with E-state index in [4.69, 9.17) is 4.74 Å². The summed E-state index contributed by atoms with van der Waals surface area (Å²) in [5, 5.41) is 6.51. The number of hydrogen-bond donors (Lipinski definition) is 2. The molecular weight excluding hydrogens is 276 g/mol. The molecule has 0 aromatic heterocycles. The molecule has 0 spiro atoms. The summed E-state index contributed by atoms with van der Waals surface area (Å²) in [6.45, 7) is 6.04. The van der Waals surface area contributed by atoms with Crippen molar-refractivity contribution in [1.82, 2.24) is 0 Å². The normalized spacial score (nSPS) is 9.86. The molecule has 0 radical (unpaired) electrons. The van der Waals surface area contributed by atoms with Crippen LogP contribution in [-0.2, 0) is 9.53 Å². The number of carbonyl (C=O) groups excluding carboxylic acids is 1. The Morgan fingerprint density at radius 1 is 1.00 bits per heavy atom. The largest absolute Gasteiger partial charge is 0.460 e. The zero-order valence-corrected chi connectivity index (χ0v) is 12.6. The number of ether oxygens (including phenoxy) is 1. The second kappa shape index (κ2) is 7.88. The van der Waals surface area contributed by atoms with E-state index in [0.717, 1.165) is 17.1 Å². The molecule has 0 saturated heterocycles. The molecule has 0 unspecified atom stereocenters.